The first-order valence-electron chi connectivity index (χ1n) is 5.75. The van der Waals surface area contributed by atoms with Gasteiger partial charge in [0.2, 0.25) is 0 Å². The Labute approximate surface area is 85.0 Å². The SMILES string of the molecule is CC1(C)[C@@H]2CC[C@@]3(CCC(=O)O3)C[C@@H]21. The number of rotatable bonds is 0. The van der Waals surface area contributed by atoms with Crippen LogP contribution in [0.25, 0.3) is 0 Å². The van der Waals surface area contributed by atoms with Gasteiger partial charge in [0.25, 0.3) is 0 Å². The molecule has 3 rings (SSSR count). The molecule has 1 saturated heterocycles. The average Bonchev–Trinajstić information content (AvgIpc) is 2.48. The second kappa shape index (κ2) is 2.34. The van der Waals surface area contributed by atoms with E-state index in [-0.39, 0.29) is 11.6 Å². The van der Waals surface area contributed by atoms with E-state index in [0.717, 1.165) is 31.1 Å². The molecule has 3 atom stereocenters. The number of fused-ring (bicyclic) bond motifs is 1. The zero-order chi connectivity index (χ0) is 9.97. The lowest BCUT2D eigenvalue weighted by Gasteiger charge is -2.31. The standard InChI is InChI=1S/C12H18O2/c1-11(2)8-3-5-12(7-9(8)11)6-4-10(13)14-12/h8-9H,3-7H2,1-2H3/t8-,9+,12-/m1/s1. The van der Waals surface area contributed by atoms with Crippen LogP contribution in [0, 0.1) is 17.3 Å². The molecule has 0 aromatic rings. The maximum absolute atomic E-state index is 11.2. The fourth-order valence-electron chi connectivity index (χ4n) is 3.75. The molecule has 1 heterocycles. The zero-order valence-electron chi connectivity index (χ0n) is 9.01. The van der Waals surface area contributed by atoms with E-state index in [9.17, 15) is 4.79 Å². The first kappa shape index (κ1) is 8.75. The van der Waals surface area contributed by atoms with Gasteiger partial charge in [-0.2, -0.15) is 0 Å². The fourth-order valence-corrected chi connectivity index (χ4v) is 3.75. The van der Waals surface area contributed by atoms with E-state index >= 15 is 0 Å². The molecule has 0 aromatic heterocycles. The molecule has 3 aliphatic rings. The smallest absolute Gasteiger partial charge is 0.306 e. The Bertz CT molecular complexity index is 295. The van der Waals surface area contributed by atoms with Crippen LogP contribution in [-0.2, 0) is 9.53 Å². The maximum Gasteiger partial charge on any atom is 0.306 e. The van der Waals surface area contributed by atoms with Crippen molar-refractivity contribution in [3.05, 3.63) is 0 Å². The highest BCUT2D eigenvalue weighted by Crippen LogP contribution is 2.67. The van der Waals surface area contributed by atoms with E-state index in [1.807, 2.05) is 0 Å². The van der Waals surface area contributed by atoms with Crippen molar-refractivity contribution in [1.29, 1.82) is 0 Å². The molecule has 0 bridgehead atoms. The molecular weight excluding hydrogens is 176 g/mol. The van der Waals surface area contributed by atoms with Gasteiger partial charge in [-0.25, -0.2) is 0 Å². The van der Waals surface area contributed by atoms with Crippen LogP contribution in [0.1, 0.15) is 46.0 Å². The lowest BCUT2D eigenvalue weighted by Crippen LogP contribution is -2.32. The predicted molar refractivity (Wildman–Crippen MR) is 52.7 cm³/mol. The fraction of sp³-hybridized carbons (Fsp3) is 0.917. The summed E-state index contributed by atoms with van der Waals surface area (Å²) in [5.41, 5.74) is 0.491. The second-order valence-corrected chi connectivity index (χ2v) is 5.93. The molecule has 2 aliphatic carbocycles. The molecule has 78 valence electrons. The Hall–Kier alpha value is -0.530. The highest BCUT2D eigenvalue weighted by atomic mass is 16.6. The van der Waals surface area contributed by atoms with Crippen LogP contribution >= 0.6 is 0 Å². The Balaban J connectivity index is 1.77. The van der Waals surface area contributed by atoms with E-state index in [1.165, 1.54) is 6.42 Å². The summed E-state index contributed by atoms with van der Waals surface area (Å²) in [5, 5.41) is 0. The number of carbonyl (C=O) groups excluding carboxylic acids is 1. The van der Waals surface area contributed by atoms with Crippen LogP contribution in [0.4, 0.5) is 0 Å². The summed E-state index contributed by atoms with van der Waals surface area (Å²) in [6, 6.07) is 0. The topological polar surface area (TPSA) is 26.3 Å². The van der Waals surface area contributed by atoms with Gasteiger partial charge < -0.3 is 4.74 Å². The lowest BCUT2D eigenvalue weighted by atomic mass is 9.83. The monoisotopic (exact) mass is 194 g/mol. The number of ether oxygens (including phenoxy) is 1. The maximum atomic E-state index is 11.2. The van der Waals surface area contributed by atoms with Gasteiger partial charge in [-0.1, -0.05) is 13.8 Å². The molecule has 1 spiro atoms. The third-order valence-electron chi connectivity index (χ3n) is 4.91. The summed E-state index contributed by atoms with van der Waals surface area (Å²) in [6.45, 7) is 4.72. The number of carbonyl (C=O) groups is 1. The van der Waals surface area contributed by atoms with Gasteiger partial charge in [-0.3, -0.25) is 4.79 Å². The Kier molecular flexibility index (Phi) is 1.46. The van der Waals surface area contributed by atoms with Crippen molar-refractivity contribution >= 4 is 5.97 Å². The van der Waals surface area contributed by atoms with Crippen molar-refractivity contribution in [3.63, 3.8) is 0 Å². The van der Waals surface area contributed by atoms with Crippen LogP contribution < -0.4 is 0 Å². The third-order valence-corrected chi connectivity index (χ3v) is 4.91. The molecule has 0 amide bonds. The normalized spacial score (nSPS) is 48.9. The summed E-state index contributed by atoms with van der Waals surface area (Å²) in [5.74, 6) is 1.76. The Morgan fingerprint density at radius 3 is 2.64 bits per heavy atom. The minimum absolute atomic E-state index is 0.0295. The van der Waals surface area contributed by atoms with Crippen molar-refractivity contribution < 1.29 is 9.53 Å². The van der Waals surface area contributed by atoms with Gasteiger partial charge in [0.1, 0.15) is 5.60 Å². The Morgan fingerprint density at radius 2 is 2.07 bits per heavy atom. The molecule has 0 N–H and O–H groups in total. The zero-order valence-corrected chi connectivity index (χ0v) is 9.01. The summed E-state index contributed by atoms with van der Waals surface area (Å²) in [4.78, 5) is 11.2. The van der Waals surface area contributed by atoms with Crippen LogP contribution in [-0.4, -0.2) is 11.6 Å². The van der Waals surface area contributed by atoms with E-state index in [1.54, 1.807) is 0 Å². The first-order chi connectivity index (χ1) is 6.54. The quantitative estimate of drug-likeness (QED) is 0.554. The molecule has 0 radical (unpaired) electrons. The molecule has 14 heavy (non-hydrogen) atoms. The summed E-state index contributed by atoms with van der Waals surface area (Å²) >= 11 is 0. The van der Waals surface area contributed by atoms with E-state index in [2.05, 4.69) is 13.8 Å². The predicted octanol–water partition coefficient (Wildman–Crippen LogP) is 2.52. The summed E-state index contributed by atoms with van der Waals surface area (Å²) in [6.07, 6.45) is 5.15. The highest BCUT2D eigenvalue weighted by molar-refractivity contribution is 5.72. The van der Waals surface area contributed by atoms with Crippen molar-refractivity contribution in [2.75, 3.05) is 0 Å². The van der Waals surface area contributed by atoms with Crippen molar-refractivity contribution in [1.82, 2.24) is 0 Å². The highest BCUT2D eigenvalue weighted by Gasteiger charge is 2.63. The largest absolute Gasteiger partial charge is 0.459 e. The molecule has 1 aliphatic heterocycles. The van der Waals surface area contributed by atoms with Crippen LogP contribution in [0.5, 0.6) is 0 Å². The van der Waals surface area contributed by atoms with E-state index in [0.29, 0.717) is 11.8 Å². The average molecular weight is 194 g/mol. The van der Waals surface area contributed by atoms with Gasteiger partial charge in [0, 0.05) is 6.42 Å². The minimum atomic E-state index is -0.0357. The van der Waals surface area contributed by atoms with Crippen LogP contribution in [0.15, 0.2) is 0 Å². The minimum Gasteiger partial charge on any atom is -0.459 e. The van der Waals surface area contributed by atoms with Crippen LogP contribution in [0.3, 0.4) is 0 Å². The Morgan fingerprint density at radius 1 is 1.29 bits per heavy atom. The van der Waals surface area contributed by atoms with Crippen molar-refractivity contribution in [3.8, 4) is 0 Å². The van der Waals surface area contributed by atoms with E-state index < -0.39 is 0 Å². The first-order valence-corrected chi connectivity index (χ1v) is 5.75. The second-order valence-electron chi connectivity index (χ2n) is 5.93. The van der Waals surface area contributed by atoms with Crippen molar-refractivity contribution in [2.24, 2.45) is 17.3 Å². The van der Waals surface area contributed by atoms with Gasteiger partial charge in [0.05, 0.1) is 0 Å². The molecule has 3 fully saturated rings. The number of hydrogen-bond acceptors (Lipinski definition) is 2. The number of hydrogen-bond donors (Lipinski definition) is 0. The molecule has 2 heteroatoms. The van der Waals surface area contributed by atoms with Gasteiger partial charge in [-0.15, -0.1) is 0 Å². The lowest BCUT2D eigenvalue weighted by molar-refractivity contribution is -0.150. The van der Waals surface area contributed by atoms with Gasteiger partial charge >= 0.3 is 5.97 Å². The van der Waals surface area contributed by atoms with Crippen LogP contribution in [0.2, 0.25) is 0 Å². The molecule has 2 saturated carbocycles. The third kappa shape index (κ3) is 0.999. The molecule has 0 aromatic carbocycles. The van der Waals surface area contributed by atoms with Gasteiger partial charge in [-0.05, 0) is 42.9 Å². The molecule has 0 unspecified atom stereocenters. The molecule has 2 nitrogen and oxygen atoms in total. The van der Waals surface area contributed by atoms with E-state index in [4.69, 9.17) is 4.74 Å². The van der Waals surface area contributed by atoms with Crippen molar-refractivity contribution in [2.45, 2.75) is 51.6 Å². The molecular formula is C12H18O2. The van der Waals surface area contributed by atoms with Gasteiger partial charge in [0.15, 0.2) is 0 Å². The summed E-state index contributed by atoms with van der Waals surface area (Å²) in [7, 11) is 0. The number of esters is 1. The summed E-state index contributed by atoms with van der Waals surface area (Å²) < 4.78 is 5.54.